The topological polar surface area (TPSA) is 131 Å². The van der Waals surface area contributed by atoms with E-state index in [2.05, 4.69) is 0 Å². The zero-order valence-electron chi connectivity index (χ0n) is 15.9. The van der Waals surface area contributed by atoms with Crippen LogP contribution in [0.15, 0.2) is 48.0 Å². The Kier molecular flexibility index (Phi) is 6.11. The molecule has 1 aliphatic heterocycles. The molecule has 0 atom stereocenters. The molecular weight excluding hydrogens is 392 g/mol. The van der Waals surface area contributed by atoms with Crippen molar-refractivity contribution in [1.82, 2.24) is 10.6 Å². The Morgan fingerprint density at radius 2 is 1.73 bits per heavy atom. The number of imide groups is 2. The number of carboxylic acids is 1. The quantitative estimate of drug-likeness (QED) is 0.471. The summed E-state index contributed by atoms with van der Waals surface area (Å²) in [4.78, 5) is 46.0. The Balaban J connectivity index is 1.81. The van der Waals surface area contributed by atoms with Crippen molar-refractivity contribution in [3.8, 4) is 11.5 Å². The largest absolute Gasteiger partial charge is 0.490 e. The van der Waals surface area contributed by atoms with E-state index in [-0.39, 0.29) is 17.7 Å². The highest BCUT2D eigenvalue weighted by atomic mass is 16.5. The molecule has 30 heavy (non-hydrogen) atoms. The van der Waals surface area contributed by atoms with Crippen LogP contribution in [0.2, 0.25) is 0 Å². The number of carbonyl (C=O) groups is 4. The van der Waals surface area contributed by atoms with Crippen LogP contribution in [0, 0.1) is 0 Å². The van der Waals surface area contributed by atoms with Crippen molar-refractivity contribution in [2.24, 2.45) is 0 Å². The van der Waals surface area contributed by atoms with E-state index in [1.807, 2.05) is 10.6 Å². The summed E-state index contributed by atoms with van der Waals surface area (Å²) in [6.07, 6.45) is 1.33. The van der Waals surface area contributed by atoms with Gasteiger partial charge >= 0.3 is 12.0 Å². The fraction of sp³-hybridized carbons (Fsp3) is 0.143. The summed E-state index contributed by atoms with van der Waals surface area (Å²) in [6, 6.07) is 10.3. The second-order valence-electron chi connectivity index (χ2n) is 6.23. The Morgan fingerprint density at radius 3 is 2.40 bits per heavy atom. The van der Waals surface area contributed by atoms with Crippen LogP contribution in [-0.4, -0.2) is 35.5 Å². The summed E-state index contributed by atoms with van der Waals surface area (Å²) >= 11 is 0. The number of hydrogen-bond donors (Lipinski definition) is 3. The van der Waals surface area contributed by atoms with Gasteiger partial charge in [0.05, 0.1) is 12.2 Å². The van der Waals surface area contributed by atoms with Gasteiger partial charge < -0.3 is 14.6 Å². The molecule has 2 aromatic carbocycles. The van der Waals surface area contributed by atoms with Crippen LogP contribution in [0.3, 0.4) is 0 Å². The van der Waals surface area contributed by atoms with Crippen LogP contribution in [-0.2, 0) is 16.2 Å². The molecule has 1 aliphatic rings. The molecule has 1 heterocycles. The third-order valence-corrected chi connectivity index (χ3v) is 4.09. The highest BCUT2D eigenvalue weighted by Crippen LogP contribution is 2.30. The monoisotopic (exact) mass is 410 g/mol. The van der Waals surface area contributed by atoms with Gasteiger partial charge in [0, 0.05) is 0 Å². The molecule has 1 saturated heterocycles. The van der Waals surface area contributed by atoms with E-state index in [0.717, 1.165) is 0 Å². The molecule has 9 heteroatoms. The van der Waals surface area contributed by atoms with Crippen molar-refractivity contribution in [2.45, 2.75) is 13.5 Å². The maximum absolute atomic E-state index is 11.9. The summed E-state index contributed by atoms with van der Waals surface area (Å²) in [5, 5.41) is 13.1. The first-order valence-corrected chi connectivity index (χ1v) is 8.97. The first-order chi connectivity index (χ1) is 14.4. The fourth-order valence-electron chi connectivity index (χ4n) is 2.73. The van der Waals surface area contributed by atoms with E-state index in [1.54, 1.807) is 37.3 Å². The standard InChI is InChI=1S/C21H18N2O7/c1-2-29-17-10-12(9-15-18(24)22-21(28)23-19(15)25)6-7-16(17)30-11-13-4-3-5-14(8-13)20(26)27/h3-10H,2,11H2,1H3,(H,26,27)(H2,22,23,24,25,28). The first kappa shape index (κ1) is 20.6. The van der Waals surface area contributed by atoms with E-state index >= 15 is 0 Å². The van der Waals surface area contributed by atoms with Crippen LogP contribution in [0.25, 0.3) is 6.08 Å². The minimum atomic E-state index is -1.03. The number of benzene rings is 2. The average molecular weight is 410 g/mol. The number of ether oxygens (including phenoxy) is 2. The normalized spacial score (nSPS) is 13.4. The zero-order chi connectivity index (χ0) is 21.7. The number of urea groups is 1. The lowest BCUT2D eigenvalue weighted by atomic mass is 10.1. The van der Waals surface area contributed by atoms with E-state index in [0.29, 0.717) is 29.2 Å². The zero-order valence-corrected chi connectivity index (χ0v) is 15.9. The maximum atomic E-state index is 11.9. The number of aromatic carboxylic acids is 1. The third-order valence-electron chi connectivity index (χ3n) is 4.09. The number of barbiturate groups is 1. The summed E-state index contributed by atoms with van der Waals surface area (Å²) in [5.74, 6) is -1.82. The van der Waals surface area contributed by atoms with Gasteiger partial charge in [-0.3, -0.25) is 20.2 Å². The number of nitrogens with one attached hydrogen (secondary N) is 2. The van der Waals surface area contributed by atoms with Gasteiger partial charge in [-0.25, -0.2) is 9.59 Å². The highest BCUT2D eigenvalue weighted by molar-refractivity contribution is 6.31. The second kappa shape index (κ2) is 8.91. The molecule has 4 amide bonds. The van der Waals surface area contributed by atoms with E-state index in [9.17, 15) is 19.2 Å². The van der Waals surface area contributed by atoms with E-state index < -0.39 is 23.8 Å². The summed E-state index contributed by atoms with van der Waals surface area (Å²) in [5.41, 5.74) is 1.11. The van der Waals surface area contributed by atoms with Crippen LogP contribution in [0.5, 0.6) is 11.5 Å². The van der Waals surface area contributed by atoms with Gasteiger partial charge in [0.15, 0.2) is 11.5 Å². The molecule has 0 bridgehead atoms. The molecule has 3 rings (SSSR count). The van der Waals surface area contributed by atoms with Gasteiger partial charge in [-0.2, -0.15) is 0 Å². The molecule has 0 radical (unpaired) electrons. The summed E-state index contributed by atoms with van der Waals surface area (Å²) < 4.78 is 11.4. The van der Waals surface area contributed by atoms with Crippen LogP contribution < -0.4 is 20.1 Å². The molecule has 154 valence electrons. The number of rotatable bonds is 7. The van der Waals surface area contributed by atoms with Crippen molar-refractivity contribution in [1.29, 1.82) is 0 Å². The summed E-state index contributed by atoms with van der Waals surface area (Å²) in [6.45, 7) is 2.26. The predicted molar refractivity (Wildman–Crippen MR) is 105 cm³/mol. The van der Waals surface area contributed by atoms with Crippen LogP contribution in [0.4, 0.5) is 4.79 Å². The number of carbonyl (C=O) groups excluding carboxylic acids is 3. The van der Waals surface area contributed by atoms with Crippen molar-refractivity contribution >= 4 is 29.9 Å². The van der Waals surface area contributed by atoms with Crippen LogP contribution in [0.1, 0.15) is 28.4 Å². The van der Waals surface area contributed by atoms with Crippen molar-refractivity contribution in [3.05, 3.63) is 64.7 Å². The molecule has 0 aromatic heterocycles. The molecule has 0 unspecified atom stereocenters. The number of carboxylic acid groups (broad SMARTS) is 1. The molecule has 1 fully saturated rings. The van der Waals surface area contributed by atoms with E-state index in [1.165, 1.54) is 18.2 Å². The van der Waals surface area contributed by atoms with Gasteiger partial charge in [0.1, 0.15) is 12.2 Å². The van der Waals surface area contributed by atoms with Gasteiger partial charge in [0.25, 0.3) is 11.8 Å². The molecule has 9 nitrogen and oxygen atoms in total. The van der Waals surface area contributed by atoms with Gasteiger partial charge in [-0.15, -0.1) is 0 Å². The Labute approximate surface area is 171 Å². The Hall–Kier alpha value is -4.14. The molecule has 3 N–H and O–H groups in total. The SMILES string of the molecule is CCOc1cc(C=C2C(=O)NC(=O)NC2=O)ccc1OCc1cccc(C(=O)O)c1. The minimum absolute atomic E-state index is 0.120. The van der Waals surface area contributed by atoms with Gasteiger partial charge in [-0.05, 0) is 48.4 Å². The first-order valence-electron chi connectivity index (χ1n) is 8.97. The highest BCUT2D eigenvalue weighted by Gasteiger charge is 2.27. The Bertz CT molecular complexity index is 1040. The smallest absolute Gasteiger partial charge is 0.335 e. The molecule has 2 aromatic rings. The average Bonchev–Trinajstić information content (AvgIpc) is 2.70. The van der Waals surface area contributed by atoms with Crippen LogP contribution >= 0.6 is 0 Å². The fourth-order valence-corrected chi connectivity index (χ4v) is 2.73. The third kappa shape index (κ3) is 4.82. The lowest BCUT2D eigenvalue weighted by Gasteiger charge is -2.15. The molecular formula is C21H18N2O7. The molecule has 0 saturated carbocycles. The molecule has 0 spiro atoms. The Morgan fingerprint density at radius 1 is 1.00 bits per heavy atom. The van der Waals surface area contributed by atoms with Crippen molar-refractivity contribution in [2.75, 3.05) is 6.61 Å². The second-order valence-corrected chi connectivity index (χ2v) is 6.23. The van der Waals surface area contributed by atoms with Gasteiger partial charge in [0.2, 0.25) is 0 Å². The lowest BCUT2D eigenvalue weighted by Crippen LogP contribution is -2.51. The number of hydrogen-bond acceptors (Lipinski definition) is 6. The van der Waals surface area contributed by atoms with E-state index in [4.69, 9.17) is 14.6 Å². The predicted octanol–water partition coefficient (Wildman–Crippen LogP) is 2.11. The minimum Gasteiger partial charge on any atom is -0.490 e. The summed E-state index contributed by atoms with van der Waals surface area (Å²) in [7, 11) is 0. The van der Waals surface area contributed by atoms with Crippen molar-refractivity contribution in [3.63, 3.8) is 0 Å². The van der Waals surface area contributed by atoms with Crippen molar-refractivity contribution < 1.29 is 33.8 Å². The van der Waals surface area contributed by atoms with Gasteiger partial charge in [-0.1, -0.05) is 18.2 Å². The lowest BCUT2D eigenvalue weighted by molar-refractivity contribution is -0.123. The molecule has 0 aliphatic carbocycles. The maximum Gasteiger partial charge on any atom is 0.335 e. The number of amides is 4.